The Kier molecular flexibility index (Phi) is 15.3. The Balaban J connectivity index is 3.37. The summed E-state index contributed by atoms with van der Waals surface area (Å²) in [6, 6.07) is 0. The Labute approximate surface area is 137 Å². The Morgan fingerprint density at radius 2 is 1.00 bits per heavy atom. The summed E-state index contributed by atoms with van der Waals surface area (Å²) in [5.74, 6) is 0. The second kappa shape index (κ2) is 15.1. The summed E-state index contributed by atoms with van der Waals surface area (Å²) in [5, 5.41) is -0.886. The third-order valence-corrected chi connectivity index (χ3v) is 4.21. The van der Waals surface area contributed by atoms with Crippen molar-refractivity contribution in [3.63, 3.8) is 0 Å². The van der Waals surface area contributed by atoms with Gasteiger partial charge >= 0.3 is 0 Å². The van der Waals surface area contributed by atoms with Crippen molar-refractivity contribution in [3.8, 4) is 0 Å². The molecule has 0 saturated heterocycles. The molecule has 0 saturated carbocycles. The van der Waals surface area contributed by atoms with Crippen LogP contribution in [0.3, 0.4) is 0 Å². The maximum absolute atomic E-state index is 6.32. The van der Waals surface area contributed by atoms with Crippen LogP contribution < -0.4 is 0 Å². The van der Waals surface area contributed by atoms with Crippen molar-refractivity contribution in [1.29, 1.82) is 0 Å². The second-order valence-electron chi connectivity index (χ2n) is 5.81. The quantitative estimate of drug-likeness (QED) is 0.180. The van der Waals surface area contributed by atoms with Crippen LogP contribution >= 0.6 is 11.6 Å². The topological polar surface area (TPSA) is 18.5 Å². The molecule has 128 valence electrons. The van der Waals surface area contributed by atoms with Gasteiger partial charge in [-0.1, -0.05) is 82.7 Å². The molecule has 2 nitrogen and oxygen atoms in total. The highest BCUT2D eigenvalue weighted by Gasteiger charge is 2.27. The van der Waals surface area contributed by atoms with E-state index in [-0.39, 0.29) is 0 Å². The van der Waals surface area contributed by atoms with E-state index < -0.39 is 5.25 Å². The number of unbranched alkanes of at least 4 members (excludes halogenated alkanes) is 10. The van der Waals surface area contributed by atoms with Crippen LogP contribution in [0, 0.1) is 0 Å². The highest BCUT2D eigenvalue weighted by Crippen LogP contribution is 2.26. The van der Waals surface area contributed by atoms with Crippen LogP contribution in [0.2, 0.25) is 0 Å². The van der Waals surface area contributed by atoms with Gasteiger partial charge in [0.15, 0.2) is 0 Å². The molecule has 0 unspecified atom stereocenters. The number of halogens is 1. The minimum absolute atomic E-state index is 0.599. The van der Waals surface area contributed by atoms with E-state index in [2.05, 4.69) is 6.92 Å². The summed E-state index contributed by atoms with van der Waals surface area (Å²) in [7, 11) is 0. The monoisotopic (exact) mass is 320 g/mol. The molecule has 0 aromatic rings. The Hall–Kier alpha value is 0.210. The molecule has 0 fully saturated rings. The first-order valence-electron chi connectivity index (χ1n) is 9.15. The molecule has 0 aliphatic rings. The molecule has 0 atom stereocenters. The lowest BCUT2D eigenvalue weighted by atomic mass is 10.1. The molecule has 21 heavy (non-hydrogen) atoms. The minimum Gasteiger partial charge on any atom is -0.338 e. The molecule has 0 aromatic carbocycles. The predicted octanol–water partition coefficient (Wildman–Crippen LogP) is 6.65. The molecular weight excluding hydrogens is 284 g/mol. The summed E-state index contributed by atoms with van der Waals surface area (Å²) < 4.78 is 11.0. The first-order valence-corrected chi connectivity index (χ1v) is 9.53. The lowest BCUT2D eigenvalue weighted by molar-refractivity contribution is -0.176. The number of ether oxygens (including phenoxy) is 2. The Morgan fingerprint density at radius 1 is 0.619 bits per heavy atom. The number of hydrogen-bond acceptors (Lipinski definition) is 2. The third kappa shape index (κ3) is 13.6. The number of rotatable bonds is 16. The van der Waals surface area contributed by atoms with E-state index >= 15 is 0 Å². The van der Waals surface area contributed by atoms with Crippen LogP contribution in [0.15, 0.2) is 0 Å². The van der Waals surface area contributed by atoms with Crippen LogP contribution in [-0.2, 0) is 9.47 Å². The van der Waals surface area contributed by atoms with E-state index in [0.717, 1.165) is 12.8 Å². The summed E-state index contributed by atoms with van der Waals surface area (Å²) in [6.45, 7) is 7.38. The predicted molar refractivity (Wildman–Crippen MR) is 92.9 cm³/mol. The van der Waals surface area contributed by atoms with Gasteiger partial charge in [-0.05, 0) is 20.3 Å². The van der Waals surface area contributed by atoms with Gasteiger partial charge < -0.3 is 9.47 Å². The highest BCUT2D eigenvalue weighted by molar-refractivity contribution is 6.21. The average molecular weight is 321 g/mol. The van der Waals surface area contributed by atoms with Gasteiger partial charge in [0, 0.05) is 19.6 Å². The minimum atomic E-state index is -0.886. The number of hydrogen-bond donors (Lipinski definition) is 0. The molecule has 3 heteroatoms. The fraction of sp³-hybridized carbons (Fsp3) is 1.00. The molecule has 0 spiro atoms. The van der Waals surface area contributed by atoms with E-state index in [1.165, 1.54) is 64.2 Å². The fourth-order valence-corrected chi connectivity index (χ4v) is 2.97. The van der Waals surface area contributed by atoms with Crippen molar-refractivity contribution >= 4 is 11.6 Å². The van der Waals surface area contributed by atoms with Crippen LogP contribution in [0.4, 0.5) is 0 Å². The maximum Gasteiger partial charge on any atom is 0.248 e. The van der Waals surface area contributed by atoms with Crippen molar-refractivity contribution in [3.05, 3.63) is 0 Å². The highest BCUT2D eigenvalue weighted by atomic mass is 35.5. The lowest BCUT2D eigenvalue weighted by Gasteiger charge is -2.26. The van der Waals surface area contributed by atoms with Crippen LogP contribution in [-0.4, -0.2) is 18.5 Å². The SMILES string of the molecule is CCCCCCCCCCCCCC(Cl)(OCC)OCC. The average Bonchev–Trinajstić information content (AvgIpc) is 2.45. The maximum atomic E-state index is 6.32. The largest absolute Gasteiger partial charge is 0.338 e. The van der Waals surface area contributed by atoms with Crippen molar-refractivity contribution < 1.29 is 9.47 Å². The van der Waals surface area contributed by atoms with Gasteiger partial charge in [0.05, 0.1) is 0 Å². The molecule has 0 radical (unpaired) electrons. The first-order chi connectivity index (χ1) is 10.2. The molecule has 0 N–H and O–H groups in total. The molecular formula is C18H37ClO2. The summed E-state index contributed by atoms with van der Waals surface area (Å²) >= 11 is 6.32. The van der Waals surface area contributed by atoms with Gasteiger partial charge in [-0.3, -0.25) is 0 Å². The van der Waals surface area contributed by atoms with Gasteiger partial charge in [0.1, 0.15) is 0 Å². The van der Waals surface area contributed by atoms with E-state index in [9.17, 15) is 0 Å². The zero-order chi connectivity index (χ0) is 15.8. The molecule has 0 aromatic heterocycles. The van der Waals surface area contributed by atoms with Crippen molar-refractivity contribution in [2.45, 2.75) is 103 Å². The second-order valence-corrected chi connectivity index (χ2v) is 6.39. The molecule has 0 amide bonds. The van der Waals surface area contributed by atoms with E-state index in [4.69, 9.17) is 21.1 Å². The summed E-state index contributed by atoms with van der Waals surface area (Å²) in [6.07, 6.45) is 15.5. The molecule has 0 aliphatic carbocycles. The van der Waals surface area contributed by atoms with Crippen LogP contribution in [0.5, 0.6) is 0 Å². The fourth-order valence-electron chi connectivity index (χ4n) is 2.62. The van der Waals surface area contributed by atoms with E-state index in [0.29, 0.717) is 13.2 Å². The van der Waals surface area contributed by atoms with Crippen LogP contribution in [0.1, 0.15) is 97.8 Å². The molecule has 0 aliphatic heterocycles. The third-order valence-electron chi connectivity index (χ3n) is 3.80. The normalized spacial score (nSPS) is 12.0. The van der Waals surface area contributed by atoms with Crippen molar-refractivity contribution in [1.82, 2.24) is 0 Å². The molecule has 0 rings (SSSR count). The molecule has 0 heterocycles. The van der Waals surface area contributed by atoms with Gasteiger partial charge in [-0.25, -0.2) is 0 Å². The van der Waals surface area contributed by atoms with E-state index in [1.54, 1.807) is 0 Å². The summed E-state index contributed by atoms with van der Waals surface area (Å²) in [4.78, 5) is 0. The van der Waals surface area contributed by atoms with Crippen molar-refractivity contribution in [2.75, 3.05) is 13.2 Å². The standard InChI is InChI=1S/C18H37ClO2/c1-4-7-8-9-10-11-12-13-14-15-16-17-18(19,20-5-2)21-6-3/h4-17H2,1-3H3. The lowest BCUT2D eigenvalue weighted by Crippen LogP contribution is -2.29. The first kappa shape index (κ1) is 21.2. The smallest absolute Gasteiger partial charge is 0.248 e. The van der Waals surface area contributed by atoms with E-state index in [1.807, 2.05) is 13.8 Å². The van der Waals surface area contributed by atoms with Gasteiger partial charge in [0.25, 0.3) is 0 Å². The zero-order valence-corrected chi connectivity index (χ0v) is 15.3. The Bertz CT molecular complexity index is 203. The zero-order valence-electron chi connectivity index (χ0n) is 14.6. The van der Waals surface area contributed by atoms with Crippen molar-refractivity contribution in [2.24, 2.45) is 0 Å². The van der Waals surface area contributed by atoms with Gasteiger partial charge in [-0.2, -0.15) is 0 Å². The number of alkyl halides is 1. The van der Waals surface area contributed by atoms with Gasteiger partial charge in [-0.15, -0.1) is 0 Å². The van der Waals surface area contributed by atoms with Crippen LogP contribution in [0.25, 0.3) is 0 Å². The Morgan fingerprint density at radius 3 is 1.38 bits per heavy atom. The van der Waals surface area contributed by atoms with Gasteiger partial charge in [0.2, 0.25) is 5.25 Å². The molecule has 0 bridgehead atoms. The summed E-state index contributed by atoms with van der Waals surface area (Å²) in [5.41, 5.74) is 0.